The van der Waals surface area contributed by atoms with Crippen LogP contribution in [0.15, 0.2) is 42.5 Å². The average Bonchev–Trinajstić information content (AvgIpc) is 3.26. The van der Waals surface area contributed by atoms with E-state index in [1.165, 1.54) is 7.11 Å². The smallest absolute Gasteiger partial charge is 0.198 e. The van der Waals surface area contributed by atoms with E-state index in [-0.39, 0.29) is 11.9 Å². The second-order valence-corrected chi connectivity index (χ2v) is 5.55. The van der Waals surface area contributed by atoms with Gasteiger partial charge in [-0.05, 0) is 24.3 Å². The van der Waals surface area contributed by atoms with Crippen molar-refractivity contribution >= 4 is 29.0 Å². The van der Waals surface area contributed by atoms with E-state index in [9.17, 15) is 4.79 Å². The van der Waals surface area contributed by atoms with Gasteiger partial charge in [-0.3, -0.25) is 4.79 Å². The number of rotatable bonds is 4. The highest BCUT2D eigenvalue weighted by Gasteiger charge is 2.47. The maximum atomic E-state index is 12.5. The fourth-order valence-electron chi connectivity index (χ4n) is 2.28. The molecule has 0 radical (unpaired) electrons. The van der Waals surface area contributed by atoms with Crippen LogP contribution in [-0.2, 0) is 4.74 Å². The van der Waals surface area contributed by atoms with Crippen LogP contribution in [0.1, 0.15) is 22.0 Å². The number of epoxide rings is 1. The fourth-order valence-corrected chi connectivity index (χ4v) is 2.80. The van der Waals surface area contributed by atoms with Crippen molar-refractivity contribution in [3.8, 4) is 5.75 Å². The van der Waals surface area contributed by atoms with Gasteiger partial charge in [-0.2, -0.15) is 0 Å². The van der Waals surface area contributed by atoms with Crippen LogP contribution in [0.5, 0.6) is 5.75 Å². The summed E-state index contributed by atoms with van der Waals surface area (Å²) < 4.78 is 10.7. The van der Waals surface area contributed by atoms with E-state index in [2.05, 4.69) is 0 Å². The highest BCUT2D eigenvalue weighted by Crippen LogP contribution is 2.44. The van der Waals surface area contributed by atoms with Crippen molar-refractivity contribution in [1.29, 1.82) is 0 Å². The molecule has 3 nitrogen and oxygen atoms in total. The SMILES string of the molecule is COc1ccccc1C(=O)[C@@H]1O[C@H]1c1ccc(Cl)cc1Cl. The minimum atomic E-state index is -0.528. The molecule has 0 spiro atoms. The van der Waals surface area contributed by atoms with E-state index in [1.807, 2.05) is 6.07 Å². The first-order valence-corrected chi connectivity index (χ1v) is 7.15. The molecule has 1 aliphatic heterocycles. The van der Waals surface area contributed by atoms with Crippen LogP contribution in [0.2, 0.25) is 10.0 Å². The van der Waals surface area contributed by atoms with Crippen molar-refractivity contribution < 1.29 is 14.3 Å². The van der Waals surface area contributed by atoms with Crippen LogP contribution in [0.3, 0.4) is 0 Å². The number of para-hydroxylation sites is 1. The number of methoxy groups -OCH3 is 1. The Labute approximate surface area is 132 Å². The van der Waals surface area contributed by atoms with Crippen molar-refractivity contribution in [2.45, 2.75) is 12.2 Å². The molecule has 5 heteroatoms. The van der Waals surface area contributed by atoms with Gasteiger partial charge in [0, 0.05) is 15.6 Å². The van der Waals surface area contributed by atoms with E-state index in [0.717, 1.165) is 5.56 Å². The minimum absolute atomic E-state index is 0.108. The second kappa shape index (κ2) is 5.68. The number of benzene rings is 2. The van der Waals surface area contributed by atoms with Gasteiger partial charge in [0.05, 0.1) is 12.7 Å². The Morgan fingerprint density at radius 3 is 2.67 bits per heavy atom. The summed E-state index contributed by atoms with van der Waals surface area (Å²) in [5.41, 5.74) is 1.28. The lowest BCUT2D eigenvalue weighted by Crippen LogP contribution is -2.10. The van der Waals surface area contributed by atoms with E-state index in [4.69, 9.17) is 32.7 Å². The number of carbonyl (C=O) groups is 1. The Hall–Kier alpha value is -1.55. The van der Waals surface area contributed by atoms with Crippen LogP contribution in [-0.4, -0.2) is 19.0 Å². The van der Waals surface area contributed by atoms with Gasteiger partial charge in [0.2, 0.25) is 0 Å². The van der Waals surface area contributed by atoms with E-state index in [0.29, 0.717) is 21.4 Å². The van der Waals surface area contributed by atoms with Gasteiger partial charge in [0.1, 0.15) is 11.9 Å². The summed E-state index contributed by atoms with van der Waals surface area (Å²) in [6.45, 7) is 0. The van der Waals surface area contributed by atoms with Crippen LogP contribution >= 0.6 is 23.2 Å². The number of hydrogen-bond acceptors (Lipinski definition) is 3. The Morgan fingerprint density at radius 1 is 1.19 bits per heavy atom. The molecule has 108 valence electrons. The van der Waals surface area contributed by atoms with Gasteiger partial charge < -0.3 is 9.47 Å². The van der Waals surface area contributed by atoms with Crippen molar-refractivity contribution in [2.75, 3.05) is 7.11 Å². The zero-order valence-corrected chi connectivity index (χ0v) is 12.7. The quantitative estimate of drug-likeness (QED) is 0.621. The summed E-state index contributed by atoms with van der Waals surface area (Å²) in [6, 6.07) is 12.2. The zero-order chi connectivity index (χ0) is 15.0. The molecule has 2 atom stereocenters. The average molecular weight is 323 g/mol. The van der Waals surface area contributed by atoms with E-state index < -0.39 is 6.10 Å². The number of halogens is 2. The number of carbonyl (C=O) groups excluding carboxylic acids is 1. The summed E-state index contributed by atoms with van der Waals surface area (Å²) in [7, 11) is 1.54. The third-order valence-electron chi connectivity index (χ3n) is 3.39. The monoisotopic (exact) mass is 322 g/mol. The highest BCUT2D eigenvalue weighted by molar-refractivity contribution is 6.35. The predicted molar refractivity (Wildman–Crippen MR) is 81.4 cm³/mol. The fraction of sp³-hybridized carbons (Fsp3) is 0.188. The molecule has 0 aromatic heterocycles. The number of Topliss-reactive ketones (excluding diaryl/α,β-unsaturated/α-hetero) is 1. The molecular formula is C16H12Cl2O3. The van der Waals surface area contributed by atoms with E-state index in [1.54, 1.807) is 36.4 Å². The molecule has 1 aliphatic rings. The van der Waals surface area contributed by atoms with Gasteiger partial charge in [0.15, 0.2) is 11.9 Å². The Kier molecular flexibility index (Phi) is 3.89. The molecule has 1 fully saturated rings. The lowest BCUT2D eigenvalue weighted by molar-refractivity contribution is 0.0950. The topological polar surface area (TPSA) is 38.8 Å². The normalized spacial score (nSPS) is 20.1. The van der Waals surface area contributed by atoms with Crippen molar-refractivity contribution in [1.82, 2.24) is 0 Å². The van der Waals surface area contributed by atoms with Gasteiger partial charge in [-0.15, -0.1) is 0 Å². The van der Waals surface area contributed by atoms with Gasteiger partial charge in [0.25, 0.3) is 0 Å². The third-order valence-corrected chi connectivity index (χ3v) is 3.95. The molecule has 0 aliphatic carbocycles. The maximum Gasteiger partial charge on any atom is 0.198 e. The first kappa shape index (κ1) is 14.4. The summed E-state index contributed by atoms with van der Waals surface area (Å²) in [5, 5.41) is 1.06. The van der Waals surface area contributed by atoms with E-state index >= 15 is 0 Å². The standard InChI is InChI=1S/C16H12Cl2O3/c1-20-13-5-3-2-4-11(13)14(19)16-15(21-16)10-7-6-9(17)8-12(10)18/h2-8,15-16H,1H3/t15-,16-/m0/s1. The molecular weight excluding hydrogens is 311 g/mol. The summed E-state index contributed by atoms with van der Waals surface area (Å²) in [4.78, 5) is 12.5. The summed E-state index contributed by atoms with van der Waals surface area (Å²) in [5.74, 6) is 0.433. The largest absolute Gasteiger partial charge is 0.496 e. The Morgan fingerprint density at radius 2 is 1.95 bits per heavy atom. The first-order valence-electron chi connectivity index (χ1n) is 6.39. The highest BCUT2D eigenvalue weighted by atomic mass is 35.5. The molecule has 0 N–H and O–H groups in total. The van der Waals surface area contributed by atoms with Crippen LogP contribution < -0.4 is 4.74 Å². The zero-order valence-electron chi connectivity index (χ0n) is 11.2. The molecule has 2 aromatic rings. The van der Waals surface area contributed by atoms with Gasteiger partial charge in [-0.25, -0.2) is 0 Å². The minimum Gasteiger partial charge on any atom is -0.496 e. The summed E-state index contributed by atoms with van der Waals surface area (Å²) in [6.07, 6.45) is -0.854. The molecule has 3 rings (SSSR count). The number of ether oxygens (including phenoxy) is 2. The number of ketones is 1. The van der Waals surface area contributed by atoms with Gasteiger partial charge in [-0.1, -0.05) is 41.4 Å². The molecule has 21 heavy (non-hydrogen) atoms. The lowest BCUT2D eigenvalue weighted by Gasteiger charge is -2.05. The maximum absolute atomic E-state index is 12.5. The lowest BCUT2D eigenvalue weighted by atomic mass is 10.0. The Bertz CT molecular complexity index is 700. The van der Waals surface area contributed by atoms with Crippen molar-refractivity contribution in [3.05, 3.63) is 63.6 Å². The molecule has 1 saturated heterocycles. The molecule has 0 unspecified atom stereocenters. The molecule has 0 saturated carbocycles. The first-order chi connectivity index (χ1) is 10.1. The predicted octanol–water partition coefficient (Wildman–Crippen LogP) is 4.32. The van der Waals surface area contributed by atoms with Crippen LogP contribution in [0.25, 0.3) is 0 Å². The molecule has 0 bridgehead atoms. The van der Waals surface area contributed by atoms with Crippen LogP contribution in [0, 0.1) is 0 Å². The van der Waals surface area contributed by atoms with Crippen molar-refractivity contribution in [3.63, 3.8) is 0 Å². The van der Waals surface area contributed by atoms with Crippen LogP contribution in [0.4, 0.5) is 0 Å². The molecule has 2 aromatic carbocycles. The summed E-state index contributed by atoms with van der Waals surface area (Å²) >= 11 is 12.0. The van der Waals surface area contributed by atoms with Crippen molar-refractivity contribution in [2.24, 2.45) is 0 Å². The Balaban J connectivity index is 1.83. The molecule has 0 amide bonds. The third kappa shape index (κ3) is 2.77. The molecule has 1 heterocycles. The van der Waals surface area contributed by atoms with Gasteiger partial charge >= 0.3 is 0 Å². The number of hydrogen-bond donors (Lipinski definition) is 0. The second-order valence-electron chi connectivity index (χ2n) is 4.71.